The summed E-state index contributed by atoms with van der Waals surface area (Å²) < 4.78 is 15.8. The number of ether oxygens (including phenoxy) is 3. The third-order valence-electron chi connectivity index (χ3n) is 3.31. The van der Waals surface area contributed by atoms with E-state index in [0.717, 1.165) is 0 Å². The summed E-state index contributed by atoms with van der Waals surface area (Å²) in [6.07, 6.45) is 1.44. The molecule has 0 aliphatic heterocycles. The van der Waals surface area contributed by atoms with E-state index in [1.165, 1.54) is 24.4 Å². The van der Waals surface area contributed by atoms with Crippen LogP contribution >= 0.6 is 0 Å². The third kappa shape index (κ3) is 5.70. The second-order valence-corrected chi connectivity index (χ2v) is 5.15. The molecule has 27 heavy (non-hydrogen) atoms. The Morgan fingerprint density at radius 1 is 1.19 bits per heavy atom. The molecule has 0 radical (unpaired) electrons. The summed E-state index contributed by atoms with van der Waals surface area (Å²) in [7, 11) is 1.54. The number of methoxy groups -OCH3 is 1. The lowest BCUT2D eigenvalue weighted by molar-refractivity contribution is -0.385. The van der Waals surface area contributed by atoms with Gasteiger partial charge in [0.05, 0.1) is 24.9 Å². The molecule has 0 atom stereocenters. The highest BCUT2D eigenvalue weighted by molar-refractivity contribution is 5.83. The molecule has 0 heterocycles. The van der Waals surface area contributed by atoms with Crippen LogP contribution in [0.15, 0.2) is 47.6 Å². The van der Waals surface area contributed by atoms with E-state index in [9.17, 15) is 14.9 Å². The Morgan fingerprint density at radius 2 is 1.96 bits per heavy atom. The SMILES string of the molecule is CCOc1cc(/C=N\NC(=O)COc2ccccc2[N+](=O)[O-])ccc1OC. The molecule has 0 aliphatic carbocycles. The van der Waals surface area contributed by atoms with Crippen molar-refractivity contribution in [2.75, 3.05) is 20.3 Å². The summed E-state index contributed by atoms with van der Waals surface area (Å²) in [5.74, 6) is 0.618. The molecule has 1 N–H and O–H groups in total. The van der Waals surface area contributed by atoms with Gasteiger partial charge in [-0.25, -0.2) is 5.43 Å². The summed E-state index contributed by atoms with van der Waals surface area (Å²) in [5, 5.41) is 14.7. The average Bonchev–Trinajstić information content (AvgIpc) is 2.67. The minimum atomic E-state index is -0.578. The molecule has 1 amide bonds. The molecule has 0 saturated heterocycles. The van der Waals surface area contributed by atoms with E-state index in [-0.39, 0.29) is 11.4 Å². The zero-order valence-electron chi connectivity index (χ0n) is 14.9. The fraction of sp³-hybridized carbons (Fsp3) is 0.222. The monoisotopic (exact) mass is 373 g/mol. The Balaban J connectivity index is 1.92. The molecule has 0 saturated carbocycles. The summed E-state index contributed by atoms with van der Waals surface area (Å²) in [6, 6.07) is 11.0. The van der Waals surface area contributed by atoms with Crippen molar-refractivity contribution in [1.29, 1.82) is 0 Å². The molecule has 2 aromatic rings. The van der Waals surface area contributed by atoms with Crippen LogP contribution in [0.3, 0.4) is 0 Å². The van der Waals surface area contributed by atoms with Gasteiger partial charge in [0.1, 0.15) is 0 Å². The lowest BCUT2D eigenvalue weighted by Gasteiger charge is -2.09. The van der Waals surface area contributed by atoms with Gasteiger partial charge in [-0.15, -0.1) is 0 Å². The van der Waals surface area contributed by atoms with E-state index in [0.29, 0.717) is 23.7 Å². The van der Waals surface area contributed by atoms with Crippen LogP contribution in [0.5, 0.6) is 17.2 Å². The Bertz CT molecular complexity index is 838. The highest BCUT2D eigenvalue weighted by Crippen LogP contribution is 2.27. The fourth-order valence-electron chi connectivity index (χ4n) is 2.13. The van der Waals surface area contributed by atoms with Crippen molar-refractivity contribution in [3.05, 3.63) is 58.1 Å². The number of rotatable bonds is 9. The van der Waals surface area contributed by atoms with Crippen LogP contribution in [-0.2, 0) is 4.79 Å². The van der Waals surface area contributed by atoms with Crippen LogP contribution < -0.4 is 19.6 Å². The van der Waals surface area contributed by atoms with Crippen molar-refractivity contribution in [3.63, 3.8) is 0 Å². The molecule has 0 spiro atoms. The Labute approximate surface area is 155 Å². The summed E-state index contributed by atoms with van der Waals surface area (Å²) >= 11 is 0. The predicted molar refractivity (Wildman–Crippen MR) is 98.5 cm³/mol. The zero-order chi connectivity index (χ0) is 19.6. The Morgan fingerprint density at radius 3 is 2.67 bits per heavy atom. The normalized spacial score (nSPS) is 10.4. The van der Waals surface area contributed by atoms with Gasteiger partial charge in [-0.2, -0.15) is 5.10 Å². The highest BCUT2D eigenvalue weighted by Gasteiger charge is 2.14. The number of nitro benzene ring substituents is 1. The first kappa shape index (κ1) is 19.7. The van der Waals surface area contributed by atoms with Crippen molar-refractivity contribution in [1.82, 2.24) is 5.43 Å². The van der Waals surface area contributed by atoms with Gasteiger partial charge in [0.2, 0.25) is 0 Å². The molecular weight excluding hydrogens is 354 g/mol. The number of hydrazone groups is 1. The zero-order valence-corrected chi connectivity index (χ0v) is 14.9. The van der Waals surface area contributed by atoms with Crippen molar-refractivity contribution in [2.24, 2.45) is 5.10 Å². The van der Waals surface area contributed by atoms with Crippen LogP contribution in [0.2, 0.25) is 0 Å². The highest BCUT2D eigenvalue weighted by atomic mass is 16.6. The van der Waals surface area contributed by atoms with E-state index >= 15 is 0 Å². The number of amides is 1. The number of carbonyl (C=O) groups excluding carboxylic acids is 1. The molecule has 9 heteroatoms. The number of carbonyl (C=O) groups is 1. The number of hydrogen-bond donors (Lipinski definition) is 1. The van der Waals surface area contributed by atoms with Gasteiger partial charge < -0.3 is 14.2 Å². The summed E-state index contributed by atoms with van der Waals surface area (Å²) in [6.45, 7) is 1.93. The fourth-order valence-corrected chi connectivity index (χ4v) is 2.13. The van der Waals surface area contributed by atoms with E-state index < -0.39 is 17.4 Å². The van der Waals surface area contributed by atoms with Crippen molar-refractivity contribution in [2.45, 2.75) is 6.92 Å². The lowest BCUT2D eigenvalue weighted by Crippen LogP contribution is -2.24. The van der Waals surface area contributed by atoms with Gasteiger partial charge in [0.15, 0.2) is 23.9 Å². The largest absolute Gasteiger partial charge is 0.493 e. The minimum Gasteiger partial charge on any atom is -0.493 e. The minimum absolute atomic E-state index is 0.0122. The van der Waals surface area contributed by atoms with Gasteiger partial charge in [-0.3, -0.25) is 14.9 Å². The number of nitrogens with zero attached hydrogens (tertiary/aromatic N) is 2. The molecule has 2 rings (SSSR count). The molecule has 0 fully saturated rings. The van der Waals surface area contributed by atoms with Crippen LogP contribution in [0, 0.1) is 10.1 Å². The van der Waals surface area contributed by atoms with E-state index in [4.69, 9.17) is 14.2 Å². The van der Waals surface area contributed by atoms with Crippen molar-refractivity contribution >= 4 is 17.8 Å². The molecule has 0 aromatic heterocycles. The number of nitro groups is 1. The second-order valence-electron chi connectivity index (χ2n) is 5.15. The predicted octanol–water partition coefficient (Wildman–Crippen LogP) is 2.53. The quantitative estimate of drug-likeness (QED) is 0.411. The Hall–Kier alpha value is -3.62. The molecule has 2 aromatic carbocycles. The molecule has 0 bridgehead atoms. The van der Waals surface area contributed by atoms with Gasteiger partial charge in [0, 0.05) is 6.07 Å². The van der Waals surface area contributed by atoms with Crippen LogP contribution in [0.4, 0.5) is 5.69 Å². The third-order valence-corrected chi connectivity index (χ3v) is 3.31. The van der Waals surface area contributed by atoms with Gasteiger partial charge in [-0.1, -0.05) is 12.1 Å². The van der Waals surface area contributed by atoms with Crippen LogP contribution in [0.25, 0.3) is 0 Å². The van der Waals surface area contributed by atoms with E-state index in [1.54, 1.807) is 31.4 Å². The smallest absolute Gasteiger partial charge is 0.310 e. The first-order valence-electron chi connectivity index (χ1n) is 8.04. The molecule has 9 nitrogen and oxygen atoms in total. The van der Waals surface area contributed by atoms with Crippen molar-refractivity contribution in [3.8, 4) is 17.2 Å². The first-order valence-corrected chi connectivity index (χ1v) is 8.04. The lowest BCUT2D eigenvalue weighted by atomic mass is 10.2. The molecule has 0 unspecified atom stereocenters. The van der Waals surface area contributed by atoms with Crippen LogP contribution in [-0.4, -0.2) is 37.4 Å². The first-order chi connectivity index (χ1) is 13.0. The topological polar surface area (TPSA) is 112 Å². The standard InChI is InChI=1S/C18H19N3O6/c1-3-26-17-10-13(8-9-16(17)25-2)11-19-20-18(22)12-27-15-7-5-4-6-14(15)21(23)24/h4-11H,3,12H2,1-2H3,(H,20,22)/b19-11-. The average molecular weight is 373 g/mol. The molecular formula is C18H19N3O6. The maximum absolute atomic E-state index is 11.8. The van der Waals surface area contributed by atoms with E-state index in [1.807, 2.05) is 6.92 Å². The number of benzene rings is 2. The second kappa shape index (κ2) is 9.76. The summed E-state index contributed by atoms with van der Waals surface area (Å²) in [4.78, 5) is 22.1. The number of hydrogen-bond acceptors (Lipinski definition) is 7. The maximum atomic E-state index is 11.8. The van der Waals surface area contributed by atoms with Gasteiger partial charge in [0.25, 0.3) is 5.91 Å². The summed E-state index contributed by atoms with van der Waals surface area (Å²) in [5.41, 5.74) is 2.77. The van der Waals surface area contributed by atoms with Gasteiger partial charge >= 0.3 is 5.69 Å². The van der Waals surface area contributed by atoms with Crippen LogP contribution in [0.1, 0.15) is 12.5 Å². The number of para-hydroxylation sites is 2. The van der Waals surface area contributed by atoms with Gasteiger partial charge in [-0.05, 0) is 36.8 Å². The number of nitrogens with one attached hydrogen (secondary N) is 1. The van der Waals surface area contributed by atoms with E-state index in [2.05, 4.69) is 10.5 Å². The molecule has 0 aliphatic rings. The van der Waals surface area contributed by atoms with Crippen molar-refractivity contribution < 1.29 is 23.9 Å². The molecule has 142 valence electrons. The Kier molecular flexibility index (Phi) is 7.12. The maximum Gasteiger partial charge on any atom is 0.310 e.